The van der Waals surface area contributed by atoms with E-state index in [-0.39, 0.29) is 6.61 Å². The Bertz CT molecular complexity index is 711. The number of rotatable bonds is 11. The molecule has 1 aromatic carbocycles. The third-order valence-electron chi connectivity index (χ3n) is 3.61. The Balaban J connectivity index is 1.99. The number of benzene rings is 1. The predicted octanol–water partition coefficient (Wildman–Crippen LogP) is 3.66. The normalized spacial score (nSPS) is 10.0. The Labute approximate surface area is 155 Å². The number of nitrogens with one attached hydrogen (secondary N) is 3. The number of terminal acetylenes is 1. The number of unbranched alkanes of at least 4 members (excludes halogenated alkanes) is 3. The number of ether oxygens (including phenoxy) is 1. The lowest BCUT2D eigenvalue weighted by Crippen LogP contribution is -2.10. The Morgan fingerprint density at radius 1 is 1.00 bits per heavy atom. The second-order valence-corrected chi connectivity index (χ2v) is 5.69. The summed E-state index contributed by atoms with van der Waals surface area (Å²) in [5.74, 6) is 4.69. The molecule has 138 valence electrons. The van der Waals surface area contributed by atoms with E-state index in [1.807, 2.05) is 24.3 Å². The van der Waals surface area contributed by atoms with Gasteiger partial charge in [-0.15, -0.1) is 6.42 Å². The van der Waals surface area contributed by atoms with Gasteiger partial charge in [0.15, 0.2) is 0 Å². The summed E-state index contributed by atoms with van der Waals surface area (Å²) >= 11 is 0. The van der Waals surface area contributed by atoms with Crippen molar-refractivity contribution >= 4 is 23.5 Å². The van der Waals surface area contributed by atoms with Gasteiger partial charge in [-0.25, -0.2) is 0 Å². The lowest BCUT2D eigenvalue weighted by atomic mass is 10.2. The fraction of sp³-hybridized carbons (Fsp3) is 0.421. The van der Waals surface area contributed by atoms with Crippen LogP contribution in [0.3, 0.4) is 0 Å². The Kier molecular flexibility index (Phi) is 8.00. The molecule has 7 heteroatoms. The summed E-state index contributed by atoms with van der Waals surface area (Å²) in [6.45, 7) is 3.29. The minimum Gasteiger partial charge on any atom is -0.481 e. The van der Waals surface area contributed by atoms with E-state index >= 15 is 0 Å². The lowest BCUT2D eigenvalue weighted by Gasteiger charge is -2.10. The van der Waals surface area contributed by atoms with Gasteiger partial charge in [-0.05, 0) is 30.7 Å². The Morgan fingerprint density at radius 3 is 2.42 bits per heavy atom. The van der Waals surface area contributed by atoms with Crippen LogP contribution in [-0.4, -0.2) is 35.2 Å². The standard InChI is InChI=1S/C19H26N6O/c1-4-6-7-8-13-21-18-23-17(20-3)24-19(25-18)22-15-9-11-16(12-10-15)26-14-5-2/h2,9-12H,4,6-8,13-14H2,1,3H3,(H3,20,21,22,23,24,25). The highest BCUT2D eigenvalue weighted by Gasteiger charge is 2.06. The SMILES string of the molecule is C#CCOc1ccc(Nc2nc(NC)nc(NCCCCCC)n2)cc1. The number of aromatic nitrogens is 3. The molecule has 0 radical (unpaired) electrons. The minimum absolute atomic E-state index is 0.249. The van der Waals surface area contributed by atoms with Crippen LogP contribution in [0.1, 0.15) is 32.6 Å². The van der Waals surface area contributed by atoms with Gasteiger partial charge in [0.1, 0.15) is 12.4 Å². The molecule has 0 aliphatic heterocycles. The highest BCUT2D eigenvalue weighted by atomic mass is 16.5. The van der Waals surface area contributed by atoms with E-state index < -0.39 is 0 Å². The molecule has 0 amide bonds. The molecular weight excluding hydrogens is 328 g/mol. The smallest absolute Gasteiger partial charge is 0.233 e. The van der Waals surface area contributed by atoms with Gasteiger partial charge >= 0.3 is 0 Å². The quantitative estimate of drug-likeness (QED) is 0.419. The first-order chi connectivity index (χ1) is 12.7. The number of hydrogen-bond acceptors (Lipinski definition) is 7. The molecule has 0 aliphatic rings. The first-order valence-corrected chi connectivity index (χ1v) is 8.86. The molecule has 1 heterocycles. The molecule has 7 nitrogen and oxygen atoms in total. The summed E-state index contributed by atoms with van der Waals surface area (Å²) in [4.78, 5) is 13.1. The van der Waals surface area contributed by atoms with Gasteiger partial charge in [0, 0.05) is 19.3 Å². The first-order valence-electron chi connectivity index (χ1n) is 8.86. The summed E-state index contributed by atoms with van der Waals surface area (Å²) in [5, 5.41) is 9.39. The average Bonchev–Trinajstić information content (AvgIpc) is 2.67. The van der Waals surface area contributed by atoms with E-state index in [1.165, 1.54) is 19.3 Å². The second kappa shape index (κ2) is 10.8. The van der Waals surface area contributed by atoms with Crippen molar-refractivity contribution < 1.29 is 4.74 Å². The van der Waals surface area contributed by atoms with Crippen LogP contribution in [0.25, 0.3) is 0 Å². The van der Waals surface area contributed by atoms with Crippen molar-refractivity contribution in [3.8, 4) is 18.1 Å². The third kappa shape index (κ3) is 6.48. The van der Waals surface area contributed by atoms with Gasteiger partial charge in [0.05, 0.1) is 0 Å². The third-order valence-corrected chi connectivity index (χ3v) is 3.61. The zero-order chi connectivity index (χ0) is 18.6. The number of hydrogen-bond donors (Lipinski definition) is 3. The van der Waals surface area contributed by atoms with E-state index in [9.17, 15) is 0 Å². The maximum absolute atomic E-state index is 5.36. The molecule has 0 saturated carbocycles. The van der Waals surface area contributed by atoms with Crippen molar-refractivity contribution in [2.45, 2.75) is 32.6 Å². The van der Waals surface area contributed by atoms with Crippen LogP contribution in [0.15, 0.2) is 24.3 Å². The van der Waals surface area contributed by atoms with Gasteiger partial charge < -0.3 is 20.7 Å². The molecule has 0 aliphatic carbocycles. The van der Waals surface area contributed by atoms with Gasteiger partial charge in [-0.1, -0.05) is 32.1 Å². The van der Waals surface area contributed by atoms with E-state index in [0.29, 0.717) is 17.8 Å². The van der Waals surface area contributed by atoms with Gasteiger partial charge in [-0.3, -0.25) is 0 Å². The Morgan fingerprint density at radius 2 is 1.73 bits per heavy atom. The first kappa shape index (κ1) is 19.3. The second-order valence-electron chi connectivity index (χ2n) is 5.69. The molecule has 0 spiro atoms. The molecule has 0 unspecified atom stereocenters. The Hall–Kier alpha value is -3.01. The topological polar surface area (TPSA) is 84.0 Å². The predicted molar refractivity (Wildman–Crippen MR) is 106 cm³/mol. The van der Waals surface area contributed by atoms with Crippen molar-refractivity contribution in [3.05, 3.63) is 24.3 Å². The molecule has 0 fully saturated rings. The molecule has 2 aromatic rings. The average molecular weight is 354 g/mol. The molecule has 2 rings (SSSR count). The number of anilines is 4. The molecular formula is C19H26N6O. The van der Waals surface area contributed by atoms with E-state index in [0.717, 1.165) is 24.4 Å². The van der Waals surface area contributed by atoms with E-state index in [4.69, 9.17) is 11.2 Å². The van der Waals surface area contributed by atoms with Crippen molar-refractivity contribution in [2.75, 3.05) is 36.1 Å². The van der Waals surface area contributed by atoms with Gasteiger partial charge in [0.2, 0.25) is 17.8 Å². The van der Waals surface area contributed by atoms with Gasteiger partial charge in [0.25, 0.3) is 0 Å². The lowest BCUT2D eigenvalue weighted by molar-refractivity contribution is 0.370. The highest BCUT2D eigenvalue weighted by Crippen LogP contribution is 2.19. The summed E-state index contributed by atoms with van der Waals surface area (Å²) in [5.41, 5.74) is 0.847. The summed E-state index contributed by atoms with van der Waals surface area (Å²) in [6.07, 6.45) is 9.94. The zero-order valence-corrected chi connectivity index (χ0v) is 15.4. The maximum atomic E-state index is 5.36. The van der Waals surface area contributed by atoms with Crippen LogP contribution in [0.5, 0.6) is 5.75 Å². The summed E-state index contributed by atoms with van der Waals surface area (Å²) in [6, 6.07) is 7.44. The van der Waals surface area contributed by atoms with E-state index in [2.05, 4.69) is 43.7 Å². The fourth-order valence-corrected chi connectivity index (χ4v) is 2.26. The largest absolute Gasteiger partial charge is 0.481 e. The molecule has 0 atom stereocenters. The van der Waals surface area contributed by atoms with Crippen molar-refractivity contribution in [3.63, 3.8) is 0 Å². The fourth-order valence-electron chi connectivity index (χ4n) is 2.26. The van der Waals surface area contributed by atoms with Crippen LogP contribution in [0.2, 0.25) is 0 Å². The monoisotopic (exact) mass is 354 g/mol. The molecule has 26 heavy (non-hydrogen) atoms. The van der Waals surface area contributed by atoms with Crippen molar-refractivity contribution in [2.24, 2.45) is 0 Å². The van der Waals surface area contributed by atoms with Crippen LogP contribution in [-0.2, 0) is 0 Å². The summed E-state index contributed by atoms with van der Waals surface area (Å²) in [7, 11) is 1.78. The molecule has 0 saturated heterocycles. The van der Waals surface area contributed by atoms with Gasteiger partial charge in [-0.2, -0.15) is 15.0 Å². The number of nitrogens with zero attached hydrogens (tertiary/aromatic N) is 3. The van der Waals surface area contributed by atoms with Crippen LogP contribution in [0, 0.1) is 12.3 Å². The molecule has 1 aromatic heterocycles. The summed E-state index contributed by atoms with van der Waals surface area (Å²) < 4.78 is 5.36. The minimum atomic E-state index is 0.249. The molecule has 0 bridgehead atoms. The van der Waals surface area contributed by atoms with Crippen molar-refractivity contribution in [1.29, 1.82) is 0 Å². The highest BCUT2D eigenvalue weighted by molar-refractivity contribution is 5.56. The van der Waals surface area contributed by atoms with Crippen LogP contribution < -0.4 is 20.7 Å². The zero-order valence-electron chi connectivity index (χ0n) is 15.4. The van der Waals surface area contributed by atoms with Crippen LogP contribution in [0.4, 0.5) is 23.5 Å². The molecule has 3 N–H and O–H groups in total. The van der Waals surface area contributed by atoms with Crippen LogP contribution >= 0.6 is 0 Å². The van der Waals surface area contributed by atoms with E-state index in [1.54, 1.807) is 7.05 Å². The van der Waals surface area contributed by atoms with Crippen molar-refractivity contribution in [1.82, 2.24) is 15.0 Å². The maximum Gasteiger partial charge on any atom is 0.233 e.